The van der Waals surface area contributed by atoms with Crippen LogP contribution in [-0.4, -0.2) is 42.2 Å². The third-order valence-corrected chi connectivity index (χ3v) is 3.79. The summed E-state index contributed by atoms with van der Waals surface area (Å²) in [6.45, 7) is 1.98. The van der Waals surface area contributed by atoms with E-state index in [-0.39, 0.29) is 12.5 Å². The minimum atomic E-state index is -0.763. The molecular weight excluding hydrogens is 278 g/mol. The minimum absolute atomic E-state index is 0.185. The predicted molar refractivity (Wildman–Crippen MR) is 78.6 cm³/mol. The fourth-order valence-electron chi connectivity index (χ4n) is 2.41. The number of likely N-dealkylation sites (tertiary alicyclic amines) is 1. The number of ether oxygens (including phenoxy) is 1. The number of hydrogen-bond donors (Lipinski definition) is 1. The van der Waals surface area contributed by atoms with E-state index in [1.807, 2.05) is 18.2 Å². The number of carbonyl (C=O) groups is 1. The largest absolute Gasteiger partial charge is 0.487 e. The van der Waals surface area contributed by atoms with Crippen molar-refractivity contribution in [3.05, 3.63) is 28.8 Å². The Hall–Kier alpha value is -1.26. The maximum atomic E-state index is 10.5. The number of carboxylic acid groups (broad SMARTS) is 1. The van der Waals surface area contributed by atoms with Crippen LogP contribution in [0.15, 0.2) is 18.2 Å². The van der Waals surface area contributed by atoms with Crippen molar-refractivity contribution in [2.45, 2.75) is 31.8 Å². The highest BCUT2D eigenvalue weighted by Crippen LogP contribution is 2.28. The van der Waals surface area contributed by atoms with Gasteiger partial charge in [0.1, 0.15) is 11.9 Å². The minimum Gasteiger partial charge on any atom is -0.487 e. The second-order valence-corrected chi connectivity index (χ2v) is 5.71. The molecular formula is C15H20ClNO3. The Bertz CT molecular complexity index is 478. The molecule has 1 heterocycles. The Labute approximate surface area is 124 Å². The molecule has 0 saturated carbocycles. The number of hydrogen-bond acceptors (Lipinski definition) is 3. The summed E-state index contributed by atoms with van der Waals surface area (Å²) in [4.78, 5) is 12.7. The first-order valence-corrected chi connectivity index (χ1v) is 7.28. The number of aryl methyl sites for hydroxylation is 1. The van der Waals surface area contributed by atoms with E-state index in [4.69, 9.17) is 21.4 Å². The van der Waals surface area contributed by atoms with Crippen LogP contribution in [0.1, 0.15) is 24.8 Å². The molecule has 1 unspecified atom stereocenters. The van der Waals surface area contributed by atoms with E-state index in [1.165, 1.54) is 0 Å². The maximum Gasteiger partial charge on any atom is 0.303 e. The molecule has 1 saturated heterocycles. The van der Waals surface area contributed by atoms with Crippen LogP contribution in [-0.2, 0) is 11.2 Å². The molecule has 1 aromatic carbocycles. The Kier molecular flexibility index (Phi) is 5.26. The number of rotatable bonds is 6. The standard InChI is InChI=1S/C15H20ClNO3/c1-17-8-7-12(10-17)20-14-6-5-11(9-13(14)16)3-2-4-15(18)19/h5-6,9,12H,2-4,7-8,10H2,1H3,(H,18,19). The average molecular weight is 298 g/mol. The summed E-state index contributed by atoms with van der Waals surface area (Å²) in [5.41, 5.74) is 1.05. The topological polar surface area (TPSA) is 49.8 Å². The summed E-state index contributed by atoms with van der Waals surface area (Å²) in [6, 6.07) is 5.72. The number of halogens is 1. The summed E-state index contributed by atoms with van der Waals surface area (Å²) < 4.78 is 5.91. The van der Waals surface area contributed by atoms with Crippen LogP contribution in [0.25, 0.3) is 0 Å². The first-order chi connectivity index (χ1) is 9.54. The molecule has 0 aliphatic carbocycles. The second-order valence-electron chi connectivity index (χ2n) is 5.30. The second kappa shape index (κ2) is 6.95. The lowest BCUT2D eigenvalue weighted by atomic mass is 10.1. The molecule has 20 heavy (non-hydrogen) atoms. The molecule has 0 radical (unpaired) electrons. The van der Waals surface area contributed by atoms with E-state index in [0.29, 0.717) is 17.2 Å². The third kappa shape index (κ3) is 4.39. The Morgan fingerprint density at radius 1 is 1.55 bits per heavy atom. The Morgan fingerprint density at radius 3 is 2.95 bits per heavy atom. The molecule has 1 aliphatic rings. The normalized spacial score (nSPS) is 19.2. The lowest BCUT2D eigenvalue weighted by Gasteiger charge is -2.15. The Balaban J connectivity index is 1.90. The van der Waals surface area contributed by atoms with E-state index in [9.17, 15) is 4.79 Å². The summed E-state index contributed by atoms with van der Waals surface area (Å²) in [6.07, 6.45) is 2.75. The van der Waals surface area contributed by atoms with Gasteiger partial charge in [0.25, 0.3) is 0 Å². The molecule has 1 aromatic rings. The van der Waals surface area contributed by atoms with Gasteiger partial charge in [-0.1, -0.05) is 17.7 Å². The van der Waals surface area contributed by atoms with Gasteiger partial charge in [0.15, 0.2) is 0 Å². The Morgan fingerprint density at radius 2 is 2.35 bits per heavy atom. The molecule has 1 aliphatic heterocycles. The molecule has 2 rings (SSSR count). The van der Waals surface area contributed by atoms with Gasteiger partial charge in [-0.05, 0) is 44.0 Å². The van der Waals surface area contributed by atoms with Gasteiger partial charge in [-0.2, -0.15) is 0 Å². The number of nitrogens with zero attached hydrogens (tertiary/aromatic N) is 1. The number of likely N-dealkylation sites (N-methyl/N-ethyl adjacent to an activating group) is 1. The highest BCUT2D eigenvalue weighted by atomic mass is 35.5. The average Bonchev–Trinajstić information content (AvgIpc) is 2.78. The fourth-order valence-corrected chi connectivity index (χ4v) is 2.66. The predicted octanol–water partition coefficient (Wildman–Crippen LogP) is 2.83. The molecule has 0 bridgehead atoms. The summed E-state index contributed by atoms with van der Waals surface area (Å²) in [5, 5.41) is 9.22. The fraction of sp³-hybridized carbons (Fsp3) is 0.533. The van der Waals surface area contributed by atoms with Crippen molar-refractivity contribution < 1.29 is 14.6 Å². The first kappa shape index (κ1) is 15.1. The molecule has 4 nitrogen and oxygen atoms in total. The number of aliphatic carboxylic acids is 1. The van der Waals surface area contributed by atoms with E-state index in [0.717, 1.165) is 31.5 Å². The van der Waals surface area contributed by atoms with Crippen molar-refractivity contribution in [1.29, 1.82) is 0 Å². The monoisotopic (exact) mass is 297 g/mol. The molecule has 1 atom stereocenters. The van der Waals surface area contributed by atoms with Gasteiger partial charge >= 0.3 is 5.97 Å². The zero-order chi connectivity index (χ0) is 14.5. The van der Waals surface area contributed by atoms with Gasteiger partial charge in [-0.15, -0.1) is 0 Å². The third-order valence-electron chi connectivity index (χ3n) is 3.49. The van der Waals surface area contributed by atoms with Crippen LogP contribution in [0, 0.1) is 0 Å². The van der Waals surface area contributed by atoms with Gasteiger partial charge in [-0.25, -0.2) is 0 Å². The quantitative estimate of drug-likeness (QED) is 0.877. The zero-order valence-electron chi connectivity index (χ0n) is 11.6. The summed E-state index contributed by atoms with van der Waals surface area (Å²) in [7, 11) is 2.08. The summed E-state index contributed by atoms with van der Waals surface area (Å²) in [5.74, 6) is -0.0460. The van der Waals surface area contributed by atoms with E-state index in [2.05, 4.69) is 11.9 Å². The van der Waals surface area contributed by atoms with Gasteiger partial charge < -0.3 is 14.7 Å². The lowest BCUT2D eigenvalue weighted by Crippen LogP contribution is -2.21. The molecule has 1 fully saturated rings. The highest BCUT2D eigenvalue weighted by Gasteiger charge is 2.21. The zero-order valence-corrected chi connectivity index (χ0v) is 12.4. The van der Waals surface area contributed by atoms with Gasteiger partial charge in [0.05, 0.1) is 5.02 Å². The van der Waals surface area contributed by atoms with Gasteiger partial charge in [0, 0.05) is 19.5 Å². The van der Waals surface area contributed by atoms with Crippen molar-refractivity contribution in [3.63, 3.8) is 0 Å². The van der Waals surface area contributed by atoms with Gasteiger partial charge in [0.2, 0.25) is 0 Å². The van der Waals surface area contributed by atoms with Crippen molar-refractivity contribution in [1.82, 2.24) is 4.90 Å². The molecule has 1 N–H and O–H groups in total. The van der Waals surface area contributed by atoms with Crippen molar-refractivity contribution in [3.8, 4) is 5.75 Å². The first-order valence-electron chi connectivity index (χ1n) is 6.90. The van der Waals surface area contributed by atoms with Crippen LogP contribution < -0.4 is 4.74 Å². The molecule has 0 amide bonds. The maximum absolute atomic E-state index is 10.5. The van der Waals surface area contributed by atoms with Gasteiger partial charge in [-0.3, -0.25) is 4.79 Å². The van der Waals surface area contributed by atoms with Crippen LogP contribution >= 0.6 is 11.6 Å². The highest BCUT2D eigenvalue weighted by molar-refractivity contribution is 6.32. The lowest BCUT2D eigenvalue weighted by molar-refractivity contribution is -0.137. The molecule has 0 aromatic heterocycles. The SMILES string of the molecule is CN1CCC(Oc2ccc(CCCC(=O)O)cc2Cl)C1. The smallest absolute Gasteiger partial charge is 0.303 e. The number of benzene rings is 1. The van der Waals surface area contributed by atoms with Crippen LogP contribution in [0.3, 0.4) is 0 Å². The van der Waals surface area contributed by atoms with Crippen molar-refractivity contribution in [2.24, 2.45) is 0 Å². The molecule has 110 valence electrons. The van der Waals surface area contributed by atoms with E-state index >= 15 is 0 Å². The van der Waals surface area contributed by atoms with Crippen LogP contribution in [0.5, 0.6) is 5.75 Å². The van der Waals surface area contributed by atoms with Crippen LogP contribution in [0.4, 0.5) is 0 Å². The van der Waals surface area contributed by atoms with Crippen molar-refractivity contribution in [2.75, 3.05) is 20.1 Å². The molecule has 0 spiro atoms. The van der Waals surface area contributed by atoms with Crippen LogP contribution in [0.2, 0.25) is 5.02 Å². The molecule has 5 heteroatoms. The van der Waals surface area contributed by atoms with Crippen molar-refractivity contribution >= 4 is 17.6 Å². The number of carboxylic acids is 1. The summed E-state index contributed by atoms with van der Waals surface area (Å²) >= 11 is 6.23. The van der Waals surface area contributed by atoms with E-state index < -0.39 is 5.97 Å². The van der Waals surface area contributed by atoms with E-state index in [1.54, 1.807) is 0 Å².